The third-order valence-corrected chi connectivity index (χ3v) is 4.82. The van der Waals surface area contributed by atoms with Crippen molar-refractivity contribution in [3.05, 3.63) is 0 Å². The maximum atomic E-state index is 5.57. The largest absolute Gasteiger partial charge is 0.379 e. The van der Waals surface area contributed by atoms with Gasteiger partial charge in [-0.15, -0.1) is 24.0 Å². The number of nitrogens with zero attached hydrogens (tertiary/aromatic N) is 3. The van der Waals surface area contributed by atoms with Crippen molar-refractivity contribution in [1.29, 1.82) is 0 Å². The minimum absolute atomic E-state index is 0. The maximum absolute atomic E-state index is 5.57. The fraction of sp³-hybridized carbons (Fsp3) is 0.947. The number of rotatable bonds is 13. The number of ether oxygens (including phenoxy) is 2. The highest BCUT2D eigenvalue weighted by Gasteiger charge is 2.20. The van der Waals surface area contributed by atoms with Gasteiger partial charge < -0.3 is 25.0 Å². The summed E-state index contributed by atoms with van der Waals surface area (Å²) < 4.78 is 11.0. The second-order valence-corrected chi connectivity index (χ2v) is 6.78. The molecule has 1 aliphatic heterocycles. The number of likely N-dealkylation sites (N-methyl/N-ethyl adjacent to an activating group) is 1. The van der Waals surface area contributed by atoms with Crippen molar-refractivity contribution in [2.75, 3.05) is 79.3 Å². The highest BCUT2D eigenvalue weighted by atomic mass is 127. The van der Waals surface area contributed by atoms with Crippen LogP contribution in [-0.4, -0.2) is 101 Å². The van der Waals surface area contributed by atoms with Gasteiger partial charge in [-0.2, -0.15) is 0 Å². The van der Waals surface area contributed by atoms with Crippen LogP contribution in [0.25, 0.3) is 0 Å². The quantitative estimate of drug-likeness (QED) is 0.174. The van der Waals surface area contributed by atoms with Crippen LogP contribution in [0, 0.1) is 0 Å². The zero-order valence-corrected chi connectivity index (χ0v) is 20.2. The minimum Gasteiger partial charge on any atom is -0.379 e. The van der Waals surface area contributed by atoms with Gasteiger partial charge in [0.15, 0.2) is 5.96 Å². The Kier molecular flexibility index (Phi) is 17.8. The number of aliphatic imine (C=N–C) groups is 1. The summed E-state index contributed by atoms with van der Waals surface area (Å²) in [5.74, 6) is 0.840. The van der Waals surface area contributed by atoms with E-state index in [4.69, 9.17) is 9.47 Å². The lowest BCUT2D eigenvalue weighted by atomic mass is 10.2. The lowest BCUT2D eigenvalue weighted by molar-refractivity contribution is 0.0487. The summed E-state index contributed by atoms with van der Waals surface area (Å²) >= 11 is 0. The summed E-state index contributed by atoms with van der Waals surface area (Å²) in [6, 6.07) is 0.504. The Morgan fingerprint density at radius 2 is 1.67 bits per heavy atom. The van der Waals surface area contributed by atoms with E-state index in [-0.39, 0.29) is 24.0 Å². The van der Waals surface area contributed by atoms with E-state index in [1.165, 1.54) is 19.5 Å². The number of piperazine rings is 1. The predicted molar refractivity (Wildman–Crippen MR) is 124 cm³/mol. The Labute approximate surface area is 183 Å². The molecule has 8 heteroatoms. The molecular formula is C19H42IN5O2. The smallest absolute Gasteiger partial charge is 0.191 e. The van der Waals surface area contributed by atoms with Gasteiger partial charge in [-0.3, -0.25) is 9.89 Å². The van der Waals surface area contributed by atoms with E-state index in [9.17, 15) is 0 Å². The van der Waals surface area contributed by atoms with E-state index >= 15 is 0 Å². The number of guanidine groups is 1. The third kappa shape index (κ3) is 12.8. The van der Waals surface area contributed by atoms with Gasteiger partial charge in [-0.05, 0) is 19.9 Å². The van der Waals surface area contributed by atoms with Crippen molar-refractivity contribution in [3.8, 4) is 0 Å². The van der Waals surface area contributed by atoms with Gasteiger partial charge in [0.2, 0.25) is 0 Å². The fourth-order valence-electron chi connectivity index (χ4n) is 2.92. The molecule has 0 aromatic carbocycles. The molecule has 1 unspecified atom stereocenters. The monoisotopic (exact) mass is 499 g/mol. The van der Waals surface area contributed by atoms with Gasteiger partial charge in [0.1, 0.15) is 0 Å². The molecule has 1 rings (SSSR count). The Hall–Kier alpha value is -0.160. The number of hydrogen-bond donors (Lipinski definition) is 2. The van der Waals surface area contributed by atoms with Crippen LogP contribution in [0.3, 0.4) is 0 Å². The molecule has 27 heavy (non-hydrogen) atoms. The van der Waals surface area contributed by atoms with Crippen molar-refractivity contribution < 1.29 is 9.47 Å². The molecule has 0 amide bonds. The molecule has 0 aliphatic carbocycles. The number of nitrogens with one attached hydrogen (secondary N) is 2. The highest BCUT2D eigenvalue weighted by Crippen LogP contribution is 2.05. The van der Waals surface area contributed by atoms with Crippen LogP contribution >= 0.6 is 24.0 Å². The van der Waals surface area contributed by atoms with Crippen LogP contribution in [-0.2, 0) is 9.47 Å². The summed E-state index contributed by atoms with van der Waals surface area (Å²) in [5, 5.41) is 6.72. The van der Waals surface area contributed by atoms with E-state index in [0.717, 1.165) is 51.7 Å². The van der Waals surface area contributed by atoms with Gasteiger partial charge in [0.05, 0.1) is 19.8 Å². The molecule has 0 spiro atoms. The first kappa shape index (κ1) is 26.8. The van der Waals surface area contributed by atoms with Crippen LogP contribution < -0.4 is 10.6 Å². The van der Waals surface area contributed by atoms with Crippen molar-refractivity contribution in [2.24, 2.45) is 4.99 Å². The fourth-order valence-corrected chi connectivity index (χ4v) is 2.92. The topological polar surface area (TPSA) is 61.4 Å². The summed E-state index contributed by atoms with van der Waals surface area (Å²) in [7, 11) is 1.81. The van der Waals surface area contributed by atoms with E-state index in [1.807, 2.05) is 7.05 Å². The zero-order chi connectivity index (χ0) is 19.0. The lowest BCUT2D eigenvalue weighted by Gasteiger charge is -2.37. The first-order valence-corrected chi connectivity index (χ1v) is 10.3. The van der Waals surface area contributed by atoms with E-state index in [1.54, 1.807) is 0 Å². The van der Waals surface area contributed by atoms with Crippen molar-refractivity contribution >= 4 is 29.9 Å². The second-order valence-electron chi connectivity index (χ2n) is 6.78. The molecule has 0 bridgehead atoms. The summed E-state index contributed by atoms with van der Waals surface area (Å²) in [4.78, 5) is 9.34. The van der Waals surface area contributed by atoms with Crippen molar-refractivity contribution in [2.45, 2.75) is 39.7 Å². The molecule has 0 aromatic heterocycles. The van der Waals surface area contributed by atoms with E-state index in [2.05, 4.69) is 46.2 Å². The normalized spacial score (nSPS) is 17.4. The van der Waals surface area contributed by atoms with Crippen LogP contribution in [0.15, 0.2) is 4.99 Å². The molecule has 1 heterocycles. The standard InChI is InChI=1S/C19H41N5O2.HI/c1-5-7-13-25-15-16-26-14-8-21-19(20-4)22-17-18(3)24-11-9-23(6-2)10-12-24;/h18H,5-17H2,1-4H3,(H2,20,21,22);1H. The van der Waals surface area contributed by atoms with Crippen LogP contribution in [0.1, 0.15) is 33.6 Å². The Balaban J connectivity index is 0.00000676. The Morgan fingerprint density at radius 1 is 1.00 bits per heavy atom. The van der Waals surface area contributed by atoms with Gasteiger partial charge in [0.25, 0.3) is 0 Å². The number of unbranched alkanes of at least 4 members (excludes halogenated alkanes) is 1. The molecule has 0 radical (unpaired) electrons. The lowest BCUT2D eigenvalue weighted by Crippen LogP contribution is -2.53. The minimum atomic E-state index is 0. The second kappa shape index (κ2) is 17.9. The summed E-state index contributed by atoms with van der Waals surface area (Å²) in [6.45, 7) is 17.0. The third-order valence-electron chi connectivity index (χ3n) is 4.82. The predicted octanol–water partition coefficient (Wildman–Crippen LogP) is 1.63. The summed E-state index contributed by atoms with van der Waals surface area (Å²) in [5.41, 5.74) is 0. The van der Waals surface area contributed by atoms with Crippen LogP contribution in [0.5, 0.6) is 0 Å². The van der Waals surface area contributed by atoms with E-state index < -0.39 is 0 Å². The van der Waals surface area contributed by atoms with Gasteiger partial charge >= 0.3 is 0 Å². The average molecular weight is 499 g/mol. The van der Waals surface area contributed by atoms with Crippen molar-refractivity contribution in [1.82, 2.24) is 20.4 Å². The number of halogens is 1. The van der Waals surface area contributed by atoms with Gasteiger partial charge in [-0.1, -0.05) is 20.3 Å². The number of hydrogen-bond acceptors (Lipinski definition) is 5. The molecule has 1 aliphatic rings. The average Bonchev–Trinajstić information content (AvgIpc) is 2.68. The Morgan fingerprint density at radius 3 is 2.26 bits per heavy atom. The maximum Gasteiger partial charge on any atom is 0.191 e. The van der Waals surface area contributed by atoms with Crippen LogP contribution in [0.4, 0.5) is 0 Å². The molecular weight excluding hydrogens is 457 g/mol. The highest BCUT2D eigenvalue weighted by molar-refractivity contribution is 14.0. The zero-order valence-electron chi connectivity index (χ0n) is 17.8. The summed E-state index contributed by atoms with van der Waals surface area (Å²) in [6.07, 6.45) is 2.29. The molecule has 7 nitrogen and oxygen atoms in total. The van der Waals surface area contributed by atoms with Crippen molar-refractivity contribution in [3.63, 3.8) is 0 Å². The van der Waals surface area contributed by atoms with Crippen LogP contribution in [0.2, 0.25) is 0 Å². The van der Waals surface area contributed by atoms with Gasteiger partial charge in [0, 0.05) is 59.0 Å². The first-order chi connectivity index (χ1) is 12.7. The van der Waals surface area contributed by atoms with Gasteiger partial charge in [-0.25, -0.2) is 0 Å². The molecule has 1 fully saturated rings. The molecule has 0 saturated carbocycles. The molecule has 1 saturated heterocycles. The molecule has 162 valence electrons. The first-order valence-electron chi connectivity index (χ1n) is 10.3. The Bertz CT molecular complexity index is 366. The molecule has 0 aromatic rings. The van der Waals surface area contributed by atoms with E-state index in [0.29, 0.717) is 25.9 Å². The SMILES string of the molecule is CCCCOCCOCCNC(=NC)NCC(C)N1CCN(CC)CC1.I. The molecule has 2 N–H and O–H groups in total. The molecule has 1 atom stereocenters.